The molecule has 2 amide bonds. The van der Waals surface area contributed by atoms with Crippen molar-refractivity contribution in [2.24, 2.45) is 7.05 Å². The van der Waals surface area contributed by atoms with Gasteiger partial charge in [-0.25, -0.2) is 9.48 Å². The molecule has 7 nitrogen and oxygen atoms in total. The van der Waals surface area contributed by atoms with Crippen molar-refractivity contribution in [1.82, 2.24) is 24.9 Å². The number of nitrogens with zero attached hydrogens (tertiary/aromatic N) is 4. The third-order valence-electron chi connectivity index (χ3n) is 4.48. The van der Waals surface area contributed by atoms with Gasteiger partial charge >= 0.3 is 6.03 Å². The van der Waals surface area contributed by atoms with E-state index in [-0.39, 0.29) is 12.1 Å². The maximum atomic E-state index is 12.5. The highest BCUT2D eigenvalue weighted by molar-refractivity contribution is 5.91. The van der Waals surface area contributed by atoms with Gasteiger partial charge in [0, 0.05) is 24.0 Å². The zero-order chi connectivity index (χ0) is 18.8. The minimum atomic E-state index is -0.269. The molecule has 0 saturated heterocycles. The van der Waals surface area contributed by atoms with Crippen LogP contribution in [0.15, 0.2) is 36.5 Å². The molecule has 2 heterocycles. The van der Waals surface area contributed by atoms with Crippen LogP contribution in [0.25, 0.3) is 5.69 Å². The van der Waals surface area contributed by atoms with Crippen molar-refractivity contribution in [3.63, 3.8) is 0 Å². The lowest BCUT2D eigenvalue weighted by Gasteiger charge is -2.16. The molecular weight excluding hydrogens is 328 g/mol. The van der Waals surface area contributed by atoms with Gasteiger partial charge in [0.15, 0.2) is 0 Å². The molecule has 0 aliphatic heterocycles. The summed E-state index contributed by atoms with van der Waals surface area (Å²) in [5.74, 6) is 0. The molecule has 0 aliphatic rings. The number of carbonyl (C=O) groups excluding carboxylic acids is 1. The van der Waals surface area contributed by atoms with E-state index in [1.165, 1.54) is 0 Å². The maximum Gasteiger partial charge on any atom is 0.319 e. The average molecular weight is 352 g/mol. The number of aromatic nitrogens is 4. The SMILES string of the molecule is Cc1cc(C)n(-c2ccccc2NC(=O)N[C@@H](C)c2cnn(C)c2C)n1. The summed E-state index contributed by atoms with van der Waals surface area (Å²) in [6.07, 6.45) is 1.78. The zero-order valence-corrected chi connectivity index (χ0v) is 15.7. The smallest absolute Gasteiger partial charge is 0.319 e. The topological polar surface area (TPSA) is 76.8 Å². The quantitative estimate of drug-likeness (QED) is 0.755. The standard InChI is InChI=1S/C19H24N6O/c1-12-10-13(2)25(23-12)18-9-7-6-8-17(18)22-19(26)21-14(3)16-11-20-24(5)15(16)4/h6-11,14H,1-5H3,(H2,21,22,26)/t14-/m0/s1. The number of amides is 2. The highest BCUT2D eigenvalue weighted by atomic mass is 16.2. The Morgan fingerprint density at radius 3 is 2.54 bits per heavy atom. The van der Waals surface area contributed by atoms with Crippen LogP contribution in [0.1, 0.15) is 35.6 Å². The Bertz CT molecular complexity index is 939. The van der Waals surface area contributed by atoms with Gasteiger partial charge in [-0.2, -0.15) is 10.2 Å². The molecule has 136 valence electrons. The number of hydrogen-bond donors (Lipinski definition) is 2. The summed E-state index contributed by atoms with van der Waals surface area (Å²) in [4.78, 5) is 12.5. The second-order valence-electron chi connectivity index (χ2n) is 6.49. The number of para-hydroxylation sites is 2. The molecular formula is C19H24N6O. The van der Waals surface area contributed by atoms with Crippen molar-refractivity contribution >= 4 is 11.7 Å². The maximum absolute atomic E-state index is 12.5. The first-order valence-electron chi connectivity index (χ1n) is 8.55. The molecule has 2 N–H and O–H groups in total. The van der Waals surface area contributed by atoms with Crippen LogP contribution in [0, 0.1) is 20.8 Å². The third-order valence-corrected chi connectivity index (χ3v) is 4.48. The van der Waals surface area contributed by atoms with Crippen LogP contribution in [0.5, 0.6) is 0 Å². The molecule has 0 saturated carbocycles. The molecule has 0 fully saturated rings. The van der Waals surface area contributed by atoms with Crippen molar-refractivity contribution in [1.29, 1.82) is 0 Å². The number of aryl methyl sites for hydroxylation is 3. The molecule has 0 bridgehead atoms. The van der Waals surface area contributed by atoms with Crippen molar-refractivity contribution in [3.05, 3.63) is 59.2 Å². The van der Waals surface area contributed by atoms with Crippen LogP contribution < -0.4 is 10.6 Å². The van der Waals surface area contributed by atoms with E-state index in [2.05, 4.69) is 20.8 Å². The monoisotopic (exact) mass is 352 g/mol. The molecule has 26 heavy (non-hydrogen) atoms. The number of urea groups is 1. The summed E-state index contributed by atoms with van der Waals surface area (Å²) in [6, 6.07) is 9.20. The Morgan fingerprint density at radius 2 is 1.92 bits per heavy atom. The number of nitrogens with one attached hydrogen (secondary N) is 2. The predicted molar refractivity (Wildman–Crippen MR) is 102 cm³/mol. The Kier molecular flexibility index (Phi) is 4.79. The summed E-state index contributed by atoms with van der Waals surface area (Å²) in [6.45, 7) is 7.86. The van der Waals surface area contributed by atoms with Crippen molar-refractivity contribution in [2.75, 3.05) is 5.32 Å². The van der Waals surface area contributed by atoms with Crippen molar-refractivity contribution in [2.45, 2.75) is 33.7 Å². The minimum Gasteiger partial charge on any atom is -0.331 e. The molecule has 0 spiro atoms. The first-order valence-corrected chi connectivity index (χ1v) is 8.55. The van der Waals surface area contributed by atoms with Gasteiger partial charge in [0.1, 0.15) is 0 Å². The van der Waals surface area contributed by atoms with Gasteiger partial charge in [-0.1, -0.05) is 12.1 Å². The zero-order valence-electron chi connectivity index (χ0n) is 15.7. The molecule has 2 aromatic heterocycles. The van der Waals surface area contributed by atoms with E-state index in [1.54, 1.807) is 10.9 Å². The van der Waals surface area contributed by atoms with E-state index in [0.29, 0.717) is 5.69 Å². The molecule has 0 aliphatic carbocycles. The third kappa shape index (κ3) is 3.46. The molecule has 7 heteroatoms. The van der Waals surface area contributed by atoms with Crippen LogP contribution >= 0.6 is 0 Å². The van der Waals surface area contributed by atoms with E-state index in [4.69, 9.17) is 0 Å². The van der Waals surface area contributed by atoms with Crippen molar-refractivity contribution in [3.8, 4) is 5.69 Å². The summed E-state index contributed by atoms with van der Waals surface area (Å²) in [5.41, 5.74) is 5.50. The minimum absolute atomic E-state index is 0.149. The number of rotatable bonds is 4. The summed E-state index contributed by atoms with van der Waals surface area (Å²) >= 11 is 0. The van der Waals surface area contributed by atoms with Crippen LogP contribution in [0.3, 0.4) is 0 Å². The number of hydrogen-bond acceptors (Lipinski definition) is 3. The van der Waals surface area contributed by atoms with Crippen LogP contribution in [-0.4, -0.2) is 25.6 Å². The molecule has 3 aromatic rings. The number of anilines is 1. The Labute approximate surface area is 153 Å². The Morgan fingerprint density at radius 1 is 1.19 bits per heavy atom. The van der Waals surface area contributed by atoms with Gasteiger partial charge in [0.05, 0.1) is 29.3 Å². The van der Waals surface area contributed by atoms with Gasteiger partial charge in [0.25, 0.3) is 0 Å². The Hall–Kier alpha value is -3.09. The largest absolute Gasteiger partial charge is 0.331 e. The van der Waals surface area contributed by atoms with Gasteiger partial charge in [-0.05, 0) is 45.9 Å². The molecule has 1 aromatic carbocycles. The van der Waals surface area contributed by atoms with Crippen LogP contribution in [0.4, 0.5) is 10.5 Å². The Balaban J connectivity index is 1.78. The lowest BCUT2D eigenvalue weighted by molar-refractivity contribution is 0.249. The van der Waals surface area contributed by atoms with Gasteiger partial charge in [-0.15, -0.1) is 0 Å². The fourth-order valence-electron chi connectivity index (χ4n) is 3.01. The van der Waals surface area contributed by atoms with E-state index < -0.39 is 0 Å². The van der Waals surface area contributed by atoms with E-state index >= 15 is 0 Å². The van der Waals surface area contributed by atoms with Gasteiger partial charge in [-0.3, -0.25) is 4.68 Å². The van der Waals surface area contributed by atoms with E-state index in [1.807, 2.05) is 69.8 Å². The highest BCUT2D eigenvalue weighted by Gasteiger charge is 2.16. The molecule has 0 radical (unpaired) electrons. The first-order chi connectivity index (χ1) is 12.4. The van der Waals surface area contributed by atoms with Gasteiger partial charge in [0.2, 0.25) is 0 Å². The van der Waals surface area contributed by atoms with Crippen molar-refractivity contribution < 1.29 is 4.79 Å². The van der Waals surface area contributed by atoms with Gasteiger partial charge < -0.3 is 10.6 Å². The lowest BCUT2D eigenvalue weighted by Crippen LogP contribution is -2.31. The summed E-state index contributed by atoms with van der Waals surface area (Å²) in [5, 5.41) is 14.6. The number of carbonyl (C=O) groups is 1. The van der Waals surface area contributed by atoms with Crippen LogP contribution in [0.2, 0.25) is 0 Å². The van der Waals surface area contributed by atoms with E-state index in [0.717, 1.165) is 28.3 Å². The molecule has 0 unspecified atom stereocenters. The molecule has 1 atom stereocenters. The van der Waals surface area contributed by atoms with Crippen LogP contribution in [-0.2, 0) is 7.05 Å². The highest BCUT2D eigenvalue weighted by Crippen LogP contribution is 2.22. The lowest BCUT2D eigenvalue weighted by atomic mass is 10.1. The number of benzene rings is 1. The molecule has 3 rings (SSSR count). The summed E-state index contributed by atoms with van der Waals surface area (Å²) < 4.78 is 3.63. The second kappa shape index (κ2) is 7.03. The van der Waals surface area contributed by atoms with E-state index in [9.17, 15) is 4.79 Å². The predicted octanol–water partition coefficient (Wildman–Crippen LogP) is 3.41. The first kappa shape index (κ1) is 17.7. The normalized spacial score (nSPS) is 12.0. The summed E-state index contributed by atoms with van der Waals surface area (Å²) in [7, 11) is 1.89. The fraction of sp³-hybridized carbons (Fsp3) is 0.316. The second-order valence-corrected chi connectivity index (χ2v) is 6.49. The average Bonchev–Trinajstić information content (AvgIpc) is 3.09. The fourth-order valence-corrected chi connectivity index (χ4v) is 3.01.